The van der Waals surface area contributed by atoms with Crippen molar-refractivity contribution < 1.29 is 4.74 Å². The first-order valence-electron chi connectivity index (χ1n) is 7.48. The Bertz CT molecular complexity index is 554. The van der Waals surface area contributed by atoms with E-state index in [2.05, 4.69) is 20.8 Å². The van der Waals surface area contributed by atoms with Gasteiger partial charge >= 0.3 is 0 Å². The second-order valence-corrected chi connectivity index (χ2v) is 7.76. The summed E-state index contributed by atoms with van der Waals surface area (Å²) in [6, 6.07) is 3.77. The lowest BCUT2D eigenvalue weighted by Crippen LogP contribution is -2.39. The SMILES string of the molecule is Cc1cc(N)c(Cl)cc1OC1CC2CCC1(C)C2(C)C. The van der Waals surface area contributed by atoms with Gasteiger partial charge in [0.15, 0.2) is 0 Å². The Labute approximate surface area is 126 Å². The predicted molar refractivity (Wildman–Crippen MR) is 84.2 cm³/mol. The van der Waals surface area contributed by atoms with Crippen molar-refractivity contribution in [2.24, 2.45) is 16.7 Å². The topological polar surface area (TPSA) is 35.2 Å². The van der Waals surface area contributed by atoms with Gasteiger partial charge in [-0.3, -0.25) is 0 Å². The second kappa shape index (κ2) is 4.30. The lowest BCUT2D eigenvalue weighted by atomic mass is 9.70. The van der Waals surface area contributed by atoms with Gasteiger partial charge in [-0.25, -0.2) is 0 Å². The molecule has 2 aliphatic rings. The fraction of sp³-hybridized carbons (Fsp3) is 0.647. The van der Waals surface area contributed by atoms with Crippen molar-refractivity contribution in [3.05, 3.63) is 22.7 Å². The Morgan fingerprint density at radius 1 is 1.30 bits per heavy atom. The van der Waals surface area contributed by atoms with Crippen LogP contribution in [-0.2, 0) is 0 Å². The standard InChI is InChI=1S/C17H24ClNO/c1-10-7-13(19)12(18)9-14(10)20-15-8-11-5-6-17(15,4)16(11,2)3/h7,9,11,15H,5-6,8,19H2,1-4H3. The van der Waals surface area contributed by atoms with Crippen molar-refractivity contribution in [1.82, 2.24) is 0 Å². The van der Waals surface area contributed by atoms with E-state index in [1.807, 2.05) is 19.1 Å². The number of fused-ring (bicyclic) bond motifs is 2. The quantitative estimate of drug-likeness (QED) is 0.793. The van der Waals surface area contributed by atoms with E-state index in [-0.39, 0.29) is 11.5 Å². The van der Waals surface area contributed by atoms with Gasteiger partial charge in [0.2, 0.25) is 0 Å². The molecule has 2 aliphatic carbocycles. The van der Waals surface area contributed by atoms with E-state index in [9.17, 15) is 0 Å². The molecule has 110 valence electrons. The zero-order chi connectivity index (χ0) is 14.7. The smallest absolute Gasteiger partial charge is 0.124 e. The monoisotopic (exact) mass is 293 g/mol. The molecule has 1 aromatic rings. The third kappa shape index (κ3) is 1.77. The van der Waals surface area contributed by atoms with Gasteiger partial charge < -0.3 is 10.5 Å². The maximum Gasteiger partial charge on any atom is 0.124 e. The summed E-state index contributed by atoms with van der Waals surface area (Å²) < 4.78 is 6.37. The molecule has 0 amide bonds. The zero-order valence-electron chi connectivity index (χ0n) is 12.8. The molecule has 0 spiro atoms. The van der Waals surface area contributed by atoms with Gasteiger partial charge in [0.25, 0.3) is 0 Å². The van der Waals surface area contributed by atoms with Crippen molar-refractivity contribution in [3.8, 4) is 5.75 Å². The lowest BCUT2D eigenvalue weighted by molar-refractivity contribution is 0.0298. The van der Waals surface area contributed by atoms with Crippen LogP contribution in [-0.4, -0.2) is 6.10 Å². The first-order valence-corrected chi connectivity index (χ1v) is 7.86. The van der Waals surface area contributed by atoms with Crippen LogP contribution < -0.4 is 10.5 Å². The second-order valence-electron chi connectivity index (χ2n) is 7.36. The number of nitrogen functional groups attached to an aromatic ring is 1. The first kappa shape index (κ1) is 14.1. The van der Waals surface area contributed by atoms with E-state index in [1.165, 1.54) is 12.8 Å². The van der Waals surface area contributed by atoms with Crippen molar-refractivity contribution >= 4 is 17.3 Å². The molecule has 3 unspecified atom stereocenters. The number of rotatable bonds is 2. The normalized spacial score (nSPS) is 34.5. The van der Waals surface area contributed by atoms with Crippen LogP contribution in [0.3, 0.4) is 0 Å². The molecule has 1 aromatic carbocycles. The van der Waals surface area contributed by atoms with Crippen molar-refractivity contribution in [1.29, 1.82) is 0 Å². The Kier molecular flexibility index (Phi) is 3.02. The van der Waals surface area contributed by atoms with E-state index in [0.717, 1.165) is 23.7 Å². The number of hydrogen-bond acceptors (Lipinski definition) is 2. The first-order chi connectivity index (χ1) is 9.25. The molecular weight excluding hydrogens is 270 g/mol. The molecule has 0 radical (unpaired) electrons. The van der Waals surface area contributed by atoms with Crippen molar-refractivity contribution in [2.75, 3.05) is 5.73 Å². The number of anilines is 1. The van der Waals surface area contributed by atoms with E-state index >= 15 is 0 Å². The molecule has 3 heteroatoms. The van der Waals surface area contributed by atoms with Crippen LogP contribution >= 0.6 is 11.6 Å². The highest BCUT2D eigenvalue weighted by atomic mass is 35.5. The van der Waals surface area contributed by atoms with Gasteiger partial charge in [0.1, 0.15) is 11.9 Å². The van der Waals surface area contributed by atoms with Crippen molar-refractivity contribution in [2.45, 2.75) is 53.1 Å². The minimum Gasteiger partial charge on any atom is -0.490 e. The van der Waals surface area contributed by atoms with Gasteiger partial charge in [0.05, 0.1) is 10.7 Å². The Hall–Kier alpha value is -0.890. The van der Waals surface area contributed by atoms with E-state index in [1.54, 1.807) is 0 Å². The van der Waals surface area contributed by atoms with Gasteiger partial charge in [-0.05, 0) is 49.1 Å². The van der Waals surface area contributed by atoms with Crippen LogP contribution in [0.15, 0.2) is 12.1 Å². The molecular formula is C17H24ClNO. The average Bonchev–Trinajstić information content (AvgIpc) is 2.69. The van der Waals surface area contributed by atoms with E-state index < -0.39 is 0 Å². The van der Waals surface area contributed by atoms with E-state index in [4.69, 9.17) is 22.1 Å². The summed E-state index contributed by atoms with van der Waals surface area (Å²) in [5, 5.41) is 0.582. The highest BCUT2D eigenvalue weighted by molar-refractivity contribution is 6.33. The largest absolute Gasteiger partial charge is 0.490 e. The minimum atomic E-state index is 0.262. The highest BCUT2D eigenvalue weighted by Gasteiger charge is 2.62. The maximum atomic E-state index is 6.37. The Morgan fingerprint density at radius 2 is 2.00 bits per heavy atom. The maximum absolute atomic E-state index is 6.37. The summed E-state index contributed by atoms with van der Waals surface area (Å²) in [5.41, 5.74) is 8.15. The molecule has 2 N–H and O–H groups in total. The van der Waals surface area contributed by atoms with Crippen LogP contribution in [0.1, 0.15) is 45.6 Å². The summed E-state index contributed by atoms with van der Waals surface area (Å²) >= 11 is 6.14. The summed E-state index contributed by atoms with van der Waals surface area (Å²) in [6.07, 6.45) is 4.04. The average molecular weight is 294 g/mol. The molecule has 0 aliphatic heterocycles. The predicted octanol–water partition coefficient (Wildman–Crippen LogP) is 4.82. The summed E-state index contributed by atoms with van der Waals surface area (Å²) in [6.45, 7) is 9.22. The third-order valence-electron chi connectivity index (χ3n) is 6.28. The molecule has 2 fully saturated rings. The lowest BCUT2D eigenvalue weighted by Gasteiger charge is -2.39. The minimum absolute atomic E-state index is 0.262. The molecule has 3 rings (SSSR count). The molecule has 2 bridgehead atoms. The number of aryl methyl sites for hydroxylation is 1. The Balaban J connectivity index is 1.89. The molecule has 2 saturated carbocycles. The van der Waals surface area contributed by atoms with Crippen LogP contribution in [0.4, 0.5) is 5.69 Å². The van der Waals surface area contributed by atoms with Crippen LogP contribution in [0.25, 0.3) is 0 Å². The Morgan fingerprint density at radius 3 is 2.55 bits per heavy atom. The van der Waals surface area contributed by atoms with Gasteiger partial charge in [-0.15, -0.1) is 0 Å². The van der Waals surface area contributed by atoms with Gasteiger partial charge in [-0.1, -0.05) is 32.4 Å². The molecule has 0 saturated heterocycles. The fourth-order valence-corrected chi connectivity index (χ4v) is 4.43. The molecule has 0 heterocycles. The highest BCUT2D eigenvalue weighted by Crippen LogP contribution is 2.66. The number of ether oxygens (including phenoxy) is 1. The van der Waals surface area contributed by atoms with Gasteiger partial charge in [-0.2, -0.15) is 0 Å². The molecule has 2 nitrogen and oxygen atoms in total. The van der Waals surface area contributed by atoms with Crippen LogP contribution in [0, 0.1) is 23.7 Å². The molecule has 0 aromatic heterocycles. The van der Waals surface area contributed by atoms with Crippen molar-refractivity contribution in [3.63, 3.8) is 0 Å². The van der Waals surface area contributed by atoms with Crippen LogP contribution in [0.2, 0.25) is 5.02 Å². The fourth-order valence-electron chi connectivity index (χ4n) is 4.27. The number of nitrogens with two attached hydrogens (primary N) is 1. The number of benzene rings is 1. The number of halogens is 1. The summed E-state index contributed by atoms with van der Waals surface area (Å²) in [7, 11) is 0. The zero-order valence-corrected chi connectivity index (χ0v) is 13.6. The van der Waals surface area contributed by atoms with Gasteiger partial charge in [0, 0.05) is 11.5 Å². The molecule has 3 atom stereocenters. The van der Waals surface area contributed by atoms with E-state index in [0.29, 0.717) is 16.1 Å². The third-order valence-corrected chi connectivity index (χ3v) is 6.60. The summed E-state index contributed by atoms with van der Waals surface area (Å²) in [4.78, 5) is 0. The van der Waals surface area contributed by atoms with Crippen LogP contribution in [0.5, 0.6) is 5.75 Å². The molecule has 20 heavy (non-hydrogen) atoms. The number of hydrogen-bond donors (Lipinski definition) is 1. The summed E-state index contributed by atoms with van der Waals surface area (Å²) in [5.74, 6) is 1.67.